The Kier molecular flexibility index (Phi) is 3.94. The summed E-state index contributed by atoms with van der Waals surface area (Å²) in [5.41, 5.74) is 3.72. The third-order valence-corrected chi connectivity index (χ3v) is 4.01. The van der Waals surface area contributed by atoms with Gasteiger partial charge in [-0.05, 0) is 38.8 Å². The second-order valence-electron chi connectivity index (χ2n) is 6.11. The number of amides is 2. The van der Waals surface area contributed by atoms with Crippen LogP contribution in [0, 0.1) is 26.7 Å². The smallest absolute Gasteiger partial charge is 0.240 e. The lowest BCUT2D eigenvalue weighted by Gasteiger charge is -2.14. The molecule has 23 heavy (non-hydrogen) atoms. The van der Waals surface area contributed by atoms with Crippen LogP contribution in [0.15, 0.2) is 30.3 Å². The average Bonchev–Trinajstić information content (AvgIpc) is 2.75. The van der Waals surface area contributed by atoms with Crippen LogP contribution in [-0.4, -0.2) is 21.8 Å². The van der Waals surface area contributed by atoms with Gasteiger partial charge in [-0.1, -0.05) is 29.8 Å². The second kappa shape index (κ2) is 5.91. The zero-order valence-corrected chi connectivity index (χ0v) is 13.5. The van der Waals surface area contributed by atoms with E-state index in [1.165, 1.54) is 5.56 Å². The number of anilines is 1. The Labute approximate surface area is 135 Å². The Morgan fingerprint density at radius 3 is 2.26 bits per heavy atom. The Morgan fingerprint density at radius 2 is 1.65 bits per heavy atom. The second-order valence-corrected chi connectivity index (χ2v) is 6.11. The van der Waals surface area contributed by atoms with Gasteiger partial charge in [-0.3, -0.25) is 9.59 Å². The molecule has 5 nitrogen and oxygen atoms in total. The van der Waals surface area contributed by atoms with Gasteiger partial charge in [0.25, 0.3) is 0 Å². The normalized spacial score (nSPS) is 17.9. The summed E-state index contributed by atoms with van der Waals surface area (Å²) in [6.07, 6.45) is 0.773. The summed E-state index contributed by atoms with van der Waals surface area (Å²) in [4.78, 5) is 34.5. The first-order chi connectivity index (χ1) is 10.9. The van der Waals surface area contributed by atoms with Crippen LogP contribution >= 0.6 is 0 Å². The van der Waals surface area contributed by atoms with Crippen LogP contribution in [0.25, 0.3) is 0 Å². The van der Waals surface area contributed by atoms with E-state index >= 15 is 0 Å². The highest BCUT2D eigenvalue weighted by Gasteiger charge is 2.40. The number of carbonyl (C=O) groups excluding carboxylic acids is 2. The maximum atomic E-state index is 12.6. The minimum absolute atomic E-state index is 0.198. The highest BCUT2D eigenvalue weighted by Crippen LogP contribution is 2.27. The minimum Gasteiger partial charge on any atom is -0.274 e. The molecule has 0 radical (unpaired) electrons. The van der Waals surface area contributed by atoms with Crippen molar-refractivity contribution in [2.75, 3.05) is 4.90 Å². The molecule has 0 N–H and O–H groups in total. The van der Waals surface area contributed by atoms with Crippen molar-refractivity contribution in [3.63, 3.8) is 0 Å². The topological polar surface area (TPSA) is 63.2 Å². The molecule has 1 aliphatic heterocycles. The molecule has 118 valence electrons. The number of aryl methyl sites for hydroxylation is 3. The van der Waals surface area contributed by atoms with Gasteiger partial charge < -0.3 is 0 Å². The molecule has 0 aliphatic carbocycles. The van der Waals surface area contributed by atoms with Gasteiger partial charge in [0.2, 0.25) is 17.8 Å². The summed E-state index contributed by atoms with van der Waals surface area (Å²) < 4.78 is 0. The first-order valence-electron chi connectivity index (χ1n) is 7.68. The summed E-state index contributed by atoms with van der Waals surface area (Å²) in [5.74, 6) is -0.573. The monoisotopic (exact) mass is 309 g/mol. The lowest BCUT2D eigenvalue weighted by atomic mass is 9.97. The van der Waals surface area contributed by atoms with Gasteiger partial charge in [-0.2, -0.15) is 0 Å². The van der Waals surface area contributed by atoms with E-state index in [4.69, 9.17) is 0 Å². The van der Waals surface area contributed by atoms with Crippen LogP contribution < -0.4 is 4.90 Å². The van der Waals surface area contributed by atoms with Crippen molar-refractivity contribution in [1.82, 2.24) is 9.97 Å². The zero-order valence-electron chi connectivity index (χ0n) is 13.5. The first kappa shape index (κ1) is 15.3. The summed E-state index contributed by atoms with van der Waals surface area (Å²) in [5, 5.41) is 0. The number of carbonyl (C=O) groups is 2. The molecule has 0 unspecified atom stereocenters. The van der Waals surface area contributed by atoms with Crippen molar-refractivity contribution in [3.05, 3.63) is 52.8 Å². The molecule has 1 saturated heterocycles. The molecule has 1 fully saturated rings. The molecule has 3 rings (SSSR count). The molecule has 1 aliphatic rings. The van der Waals surface area contributed by atoms with E-state index in [1.54, 1.807) is 0 Å². The van der Waals surface area contributed by atoms with Crippen LogP contribution in [0.3, 0.4) is 0 Å². The molecule has 5 heteroatoms. The number of rotatable bonds is 3. The largest absolute Gasteiger partial charge is 0.274 e. The first-order valence-corrected chi connectivity index (χ1v) is 7.68. The number of benzene rings is 1. The number of aromatic nitrogens is 2. The highest BCUT2D eigenvalue weighted by atomic mass is 16.2. The lowest BCUT2D eigenvalue weighted by molar-refractivity contribution is -0.122. The number of imide groups is 1. The van der Waals surface area contributed by atoms with E-state index < -0.39 is 0 Å². The van der Waals surface area contributed by atoms with Gasteiger partial charge in [-0.15, -0.1) is 0 Å². The number of nitrogens with zero attached hydrogens (tertiary/aromatic N) is 3. The summed E-state index contributed by atoms with van der Waals surface area (Å²) >= 11 is 0. The van der Waals surface area contributed by atoms with Crippen molar-refractivity contribution >= 4 is 17.8 Å². The van der Waals surface area contributed by atoms with E-state index in [-0.39, 0.29) is 30.1 Å². The molecule has 2 amide bonds. The zero-order chi connectivity index (χ0) is 16.6. The van der Waals surface area contributed by atoms with Gasteiger partial charge >= 0.3 is 0 Å². The van der Waals surface area contributed by atoms with E-state index in [0.29, 0.717) is 6.42 Å². The van der Waals surface area contributed by atoms with Crippen LogP contribution in [0.2, 0.25) is 0 Å². The lowest BCUT2D eigenvalue weighted by Crippen LogP contribution is -2.32. The van der Waals surface area contributed by atoms with Crippen LogP contribution in [0.4, 0.5) is 5.95 Å². The van der Waals surface area contributed by atoms with Gasteiger partial charge in [-0.25, -0.2) is 14.9 Å². The number of hydrogen-bond acceptors (Lipinski definition) is 4. The van der Waals surface area contributed by atoms with Crippen molar-refractivity contribution in [2.45, 2.75) is 33.6 Å². The molecule has 1 atom stereocenters. The molecule has 0 bridgehead atoms. The molecular weight excluding hydrogens is 290 g/mol. The Morgan fingerprint density at radius 1 is 1.04 bits per heavy atom. The van der Waals surface area contributed by atoms with E-state index in [1.807, 2.05) is 51.1 Å². The molecule has 0 spiro atoms. The fourth-order valence-corrected chi connectivity index (χ4v) is 2.88. The predicted molar refractivity (Wildman–Crippen MR) is 87.0 cm³/mol. The van der Waals surface area contributed by atoms with Gasteiger partial charge in [0, 0.05) is 17.8 Å². The Hall–Kier alpha value is -2.56. The SMILES string of the molecule is Cc1ccc(C[C@@H]2CC(=O)N(c3nc(C)cc(C)n3)C2=O)cc1. The summed E-state index contributed by atoms with van der Waals surface area (Å²) in [7, 11) is 0. The maximum Gasteiger partial charge on any atom is 0.240 e. The highest BCUT2D eigenvalue weighted by molar-refractivity contribution is 6.20. The average molecular weight is 309 g/mol. The van der Waals surface area contributed by atoms with E-state index in [0.717, 1.165) is 21.9 Å². The van der Waals surface area contributed by atoms with Crippen LogP contribution in [0.1, 0.15) is 28.9 Å². The van der Waals surface area contributed by atoms with Crippen molar-refractivity contribution in [2.24, 2.45) is 5.92 Å². The maximum absolute atomic E-state index is 12.6. The molecule has 1 aromatic carbocycles. The van der Waals surface area contributed by atoms with Crippen molar-refractivity contribution in [1.29, 1.82) is 0 Å². The molecule has 0 saturated carbocycles. The minimum atomic E-state index is -0.338. The fourth-order valence-electron chi connectivity index (χ4n) is 2.88. The predicted octanol–water partition coefficient (Wildman–Crippen LogP) is 2.52. The van der Waals surface area contributed by atoms with Gasteiger partial charge in [0.1, 0.15) is 0 Å². The Balaban J connectivity index is 1.83. The molecular formula is C18H19N3O2. The van der Waals surface area contributed by atoms with Gasteiger partial charge in [0.15, 0.2) is 0 Å². The fraction of sp³-hybridized carbons (Fsp3) is 0.333. The van der Waals surface area contributed by atoms with Gasteiger partial charge in [0.05, 0.1) is 5.92 Å². The summed E-state index contributed by atoms with van der Waals surface area (Å²) in [6.45, 7) is 5.67. The quantitative estimate of drug-likeness (QED) is 0.817. The van der Waals surface area contributed by atoms with E-state index in [2.05, 4.69) is 9.97 Å². The number of hydrogen-bond donors (Lipinski definition) is 0. The van der Waals surface area contributed by atoms with E-state index in [9.17, 15) is 9.59 Å². The van der Waals surface area contributed by atoms with Crippen molar-refractivity contribution in [3.8, 4) is 0 Å². The van der Waals surface area contributed by atoms with Crippen molar-refractivity contribution < 1.29 is 9.59 Å². The molecule has 1 aromatic heterocycles. The Bertz CT molecular complexity index is 748. The molecule has 2 aromatic rings. The summed E-state index contributed by atoms with van der Waals surface area (Å²) in [6, 6.07) is 9.85. The van der Waals surface area contributed by atoms with Crippen LogP contribution in [-0.2, 0) is 16.0 Å². The molecule has 2 heterocycles. The third kappa shape index (κ3) is 3.13. The standard InChI is InChI=1S/C18H19N3O2/c1-11-4-6-14(7-5-11)9-15-10-16(22)21(17(15)23)18-19-12(2)8-13(3)20-18/h4-8,15H,9-10H2,1-3H3/t15-/m1/s1. The third-order valence-electron chi connectivity index (χ3n) is 4.01. The van der Waals surface area contributed by atoms with Crippen LogP contribution in [0.5, 0.6) is 0 Å².